The average molecular weight is 624 g/mol. The number of thioether (sulfide) groups is 1. The third kappa shape index (κ3) is 12.6. The van der Waals surface area contributed by atoms with Crippen molar-refractivity contribution in [2.24, 2.45) is 5.92 Å². The first-order valence-electron chi connectivity index (χ1n) is 13.7. The summed E-state index contributed by atoms with van der Waals surface area (Å²) in [7, 11) is 1.59. The number of ether oxygens (including phenoxy) is 3. The quantitative estimate of drug-likeness (QED) is 0.129. The Balaban J connectivity index is 2.17. The highest BCUT2D eigenvalue weighted by Gasteiger charge is 2.30. The van der Waals surface area contributed by atoms with Crippen molar-refractivity contribution in [1.29, 1.82) is 0 Å². The van der Waals surface area contributed by atoms with Crippen LogP contribution in [-0.2, 0) is 36.8 Å². The Hall–Kier alpha value is -2.83. The Kier molecular flexibility index (Phi) is 16.3. The van der Waals surface area contributed by atoms with Gasteiger partial charge in [-0.05, 0) is 48.1 Å². The summed E-state index contributed by atoms with van der Waals surface area (Å²) in [4.78, 5) is 38.6. The zero-order valence-electron chi connectivity index (χ0n) is 24.6. The van der Waals surface area contributed by atoms with Crippen molar-refractivity contribution in [3.63, 3.8) is 0 Å². The van der Waals surface area contributed by atoms with Crippen LogP contribution in [0.5, 0.6) is 5.75 Å². The lowest BCUT2D eigenvalue weighted by Gasteiger charge is -2.26. The van der Waals surface area contributed by atoms with Gasteiger partial charge in [-0.25, -0.2) is 4.79 Å². The molecule has 0 heterocycles. The molecule has 2 amide bonds. The van der Waals surface area contributed by atoms with Crippen LogP contribution in [0.25, 0.3) is 0 Å². The van der Waals surface area contributed by atoms with Gasteiger partial charge in [0.2, 0.25) is 11.8 Å². The van der Waals surface area contributed by atoms with E-state index in [0.717, 1.165) is 11.1 Å². The topological polar surface area (TPSA) is 135 Å². The molecule has 0 radical (unpaired) electrons. The van der Waals surface area contributed by atoms with Crippen molar-refractivity contribution < 1.29 is 33.7 Å². The molecule has 12 heteroatoms. The number of halogens is 1. The van der Waals surface area contributed by atoms with E-state index in [-0.39, 0.29) is 38.0 Å². The SMILES string of the molecule is COCCOCOc1ccc(Cl)cc1CN[C@H](C(=O)N[C@@H](Cc1ccccc1)C(=O)N[C@@H](CCSC)C(=O)O)C(C)C. The summed E-state index contributed by atoms with van der Waals surface area (Å²) >= 11 is 7.73. The average Bonchev–Trinajstić information content (AvgIpc) is 2.96. The Bertz CT molecular complexity index is 1120. The van der Waals surface area contributed by atoms with Gasteiger partial charge in [0.05, 0.1) is 19.3 Å². The molecule has 0 aliphatic heterocycles. The van der Waals surface area contributed by atoms with E-state index in [2.05, 4.69) is 16.0 Å². The number of carbonyl (C=O) groups excluding carboxylic acids is 2. The summed E-state index contributed by atoms with van der Waals surface area (Å²) < 4.78 is 16.1. The molecule has 3 atom stereocenters. The van der Waals surface area contributed by atoms with Crippen LogP contribution in [0.4, 0.5) is 0 Å². The van der Waals surface area contributed by atoms with Crippen molar-refractivity contribution in [3.05, 3.63) is 64.7 Å². The first-order valence-corrected chi connectivity index (χ1v) is 15.5. The molecule has 2 aromatic rings. The maximum absolute atomic E-state index is 13.6. The normalized spacial score (nSPS) is 13.3. The van der Waals surface area contributed by atoms with Crippen LogP contribution < -0.4 is 20.7 Å². The zero-order valence-corrected chi connectivity index (χ0v) is 26.1. The monoisotopic (exact) mass is 623 g/mol. The highest BCUT2D eigenvalue weighted by Crippen LogP contribution is 2.23. The van der Waals surface area contributed by atoms with E-state index >= 15 is 0 Å². The number of methoxy groups -OCH3 is 1. The number of hydrogen-bond donors (Lipinski definition) is 4. The van der Waals surface area contributed by atoms with Crippen LogP contribution in [0.1, 0.15) is 31.4 Å². The van der Waals surface area contributed by atoms with Crippen LogP contribution in [0.2, 0.25) is 5.02 Å². The minimum atomic E-state index is -1.12. The van der Waals surface area contributed by atoms with E-state index in [1.54, 1.807) is 25.3 Å². The van der Waals surface area contributed by atoms with Crippen LogP contribution in [0, 0.1) is 5.92 Å². The molecular weight excluding hydrogens is 582 g/mol. The minimum absolute atomic E-state index is 0.0245. The maximum atomic E-state index is 13.6. The predicted molar refractivity (Wildman–Crippen MR) is 165 cm³/mol. The molecule has 0 spiro atoms. The third-order valence-corrected chi connectivity index (χ3v) is 7.23. The first kappa shape index (κ1) is 35.4. The minimum Gasteiger partial charge on any atom is -0.480 e. The highest BCUT2D eigenvalue weighted by molar-refractivity contribution is 7.98. The molecule has 0 saturated heterocycles. The van der Waals surface area contributed by atoms with Crippen LogP contribution in [0.3, 0.4) is 0 Å². The van der Waals surface area contributed by atoms with E-state index < -0.39 is 30.0 Å². The molecule has 2 aromatic carbocycles. The van der Waals surface area contributed by atoms with Gasteiger partial charge in [0.25, 0.3) is 0 Å². The fourth-order valence-electron chi connectivity index (χ4n) is 4.07. The van der Waals surface area contributed by atoms with Gasteiger partial charge in [-0.15, -0.1) is 0 Å². The molecule has 0 fully saturated rings. The number of benzene rings is 2. The lowest BCUT2D eigenvalue weighted by Crippen LogP contribution is -2.56. The van der Waals surface area contributed by atoms with Crippen molar-refractivity contribution >= 4 is 41.1 Å². The molecule has 4 N–H and O–H groups in total. The second-order valence-corrected chi connectivity index (χ2v) is 11.4. The fourth-order valence-corrected chi connectivity index (χ4v) is 4.74. The fraction of sp³-hybridized carbons (Fsp3) is 0.500. The molecule has 0 aliphatic rings. The van der Waals surface area contributed by atoms with Gasteiger partial charge in [-0.2, -0.15) is 11.8 Å². The molecule has 0 unspecified atom stereocenters. The van der Waals surface area contributed by atoms with Crippen LogP contribution in [-0.4, -0.2) is 80.1 Å². The maximum Gasteiger partial charge on any atom is 0.326 e. The standard InChI is InChI=1S/C30H42ClN3O7S/c1-20(2)27(32-18-22-17-23(31)10-11-26(22)41-19-40-14-13-39-3)29(36)34-25(16-21-8-6-5-7-9-21)28(35)33-24(30(37)38)12-15-42-4/h5-11,17,20,24-25,27,32H,12-16,18-19H2,1-4H3,(H,33,35)(H,34,36)(H,37,38)/t24-,25-,27-/m0/s1. The van der Waals surface area contributed by atoms with Gasteiger partial charge in [-0.3, -0.25) is 9.59 Å². The summed E-state index contributed by atoms with van der Waals surface area (Å²) in [5, 5.41) is 18.9. The molecule has 42 heavy (non-hydrogen) atoms. The van der Waals surface area contributed by atoms with Crippen molar-refractivity contribution in [3.8, 4) is 5.75 Å². The lowest BCUT2D eigenvalue weighted by molar-refractivity contribution is -0.142. The molecule has 232 valence electrons. The molecule has 0 aromatic heterocycles. The summed E-state index contributed by atoms with van der Waals surface area (Å²) in [5.41, 5.74) is 1.56. The Morgan fingerprint density at radius 1 is 1.00 bits per heavy atom. The van der Waals surface area contributed by atoms with Crippen LogP contribution in [0.15, 0.2) is 48.5 Å². The molecule has 2 rings (SSSR count). The number of hydrogen-bond acceptors (Lipinski definition) is 8. The zero-order chi connectivity index (χ0) is 30.9. The van der Waals surface area contributed by atoms with Gasteiger partial charge >= 0.3 is 5.97 Å². The second-order valence-electron chi connectivity index (χ2n) is 9.95. The molecule has 0 aliphatic carbocycles. The third-order valence-electron chi connectivity index (χ3n) is 6.35. The van der Waals surface area contributed by atoms with E-state index in [1.165, 1.54) is 11.8 Å². The van der Waals surface area contributed by atoms with Gasteiger partial charge in [0.1, 0.15) is 17.8 Å². The van der Waals surface area contributed by atoms with Crippen molar-refractivity contribution in [2.75, 3.05) is 39.1 Å². The lowest BCUT2D eigenvalue weighted by atomic mass is 10.0. The number of amides is 2. The molecule has 0 bridgehead atoms. The number of nitrogens with one attached hydrogen (secondary N) is 3. The number of rotatable bonds is 20. The van der Waals surface area contributed by atoms with E-state index in [4.69, 9.17) is 25.8 Å². The summed E-state index contributed by atoms with van der Waals surface area (Å²) in [6.45, 7) is 4.90. The summed E-state index contributed by atoms with van der Waals surface area (Å²) in [6, 6.07) is 11.7. The Morgan fingerprint density at radius 2 is 1.71 bits per heavy atom. The number of carbonyl (C=O) groups is 3. The summed E-state index contributed by atoms with van der Waals surface area (Å²) in [5.74, 6) is -1.07. The Labute approximate surface area is 257 Å². The van der Waals surface area contributed by atoms with Gasteiger partial charge < -0.3 is 35.3 Å². The van der Waals surface area contributed by atoms with Crippen LogP contribution >= 0.6 is 23.4 Å². The Morgan fingerprint density at radius 3 is 2.36 bits per heavy atom. The van der Waals surface area contributed by atoms with Gasteiger partial charge in [0.15, 0.2) is 6.79 Å². The largest absolute Gasteiger partial charge is 0.480 e. The van der Waals surface area contributed by atoms with Gasteiger partial charge in [-0.1, -0.05) is 55.8 Å². The number of aliphatic carboxylic acids is 1. The highest BCUT2D eigenvalue weighted by atomic mass is 35.5. The predicted octanol–water partition coefficient (Wildman–Crippen LogP) is 3.50. The van der Waals surface area contributed by atoms with E-state index in [1.807, 2.05) is 50.4 Å². The molecular formula is C30H42ClN3O7S. The molecule has 0 saturated carbocycles. The van der Waals surface area contributed by atoms with Crippen molar-refractivity contribution in [1.82, 2.24) is 16.0 Å². The first-order chi connectivity index (χ1) is 20.2. The second kappa shape index (κ2) is 19.4. The number of carboxylic acids is 1. The smallest absolute Gasteiger partial charge is 0.326 e. The van der Waals surface area contributed by atoms with Crippen molar-refractivity contribution in [2.45, 2.75) is 51.4 Å². The summed E-state index contributed by atoms with van der Waals surface area (Å²) in [6.07, 6.45) is 2.34. The molecule has 10 nitrogen and oxygen atoms in total. The van der Waals surface area contributed by atoms with E-state index in [0.29, 0.717) is 29.7 Å². The van der Waals surface area contributed by atoms with Gasteiger partial charge in [0, 0.05) is 30.7 Å². The van der Waals surface area contributed by atoms with E-state index in [9.17, 15) is 19.5 Å². The number of carboxylic acid groups (broad SMARTS) is 1.